The number of hydrogen-bond donors (Lipinski definition) is 1. The fraction of sp³-hybridized carbons (Fsp3) is 0.400. The Morgan fingerprint density at radius 1 is 1.28 bits per heavy atom. The van der Waals surface area contributed by atoms with Crippen molar-refractivity contribution in [3.8, 4) is 17.2 Å². The third kappa shape index (κ3) is 2.97. The smallest absolute Gasteiger partial charge is 0.261 e. The molecule has 0 aliphatic carbocycles. The number of thiophene rings is 1. The van der Waals surface area contributed by atoms with Crippen molar-refractivity contribution in [1.29, 1.82) is 5.26 Å². The van der Waals surface area contributed by atoms with Gasteiger partial charge in [0.1, 0.15) is 10.9 Å². The molecule has 25 heavy (non-hydrogen) atoms. The van der Waals surface area contributed by atoms with Crippen molar-refractivity contribution in [3.05, 3.63) is 46.2 Å². The summed E-state index contributed by atoms with van der Waals surface area (Å²) in [6, 6.07) is 14.5. The number of hydrogen-bond acceptors (Lipinski definition) is 4. The maximum absolute atomic E-state index is 12.8. The van der Waals surface area contributed by atoms with Crippen molar-refractivity contribution in [3.63, 3.8) is 0 Å². The van der Waals surface area contributed by atoms with E-state index in [-0.39, 0.29) is 11.9 Å². The summed E-state index contributed by atoms with van der Waals surface area (Å²) in [5, 5.41) is 12.7. The first-order valence-corrected chi connectivity index (χ1v) is 9.63. The Labute approximate surface area is 152 Å². The molecule has 2 atom stereocenters. The number of benzene rings is 1. The lowest BCUT2D eigenvalue weighted by molar-refractivity contribution is 0.0218. The third-order valence-electron chi connectivity index (χ3n) is 5.62. The van der Waals surface area contributed by atoms with Gasteiger partial charge in [0.25, 0.3) is 5.91 Å². The zero-order valence-corrected chi connectivity index (χ0v) is 15.1. The van der Waals surface area contributed by atoms with Gasteiger partial charge in [0.05, 0.1) is 4.88 Å². The zero-order valence-electron chi connectivity index (χ0n) is 14.2. The van der Waals surface area contributed by atoms with Crippen LogP contribution in [0.15, 0.2) is 36.4 Å². The Morgan fingerprint density at radius 3 is 2.64 bits per heavy atom. The van der Waals surface area contributed by atoms with Crippen LogP contribution in [0.2, 0.25) is 0 Å². The van der Waals surface area contributed by atoms with Crippen molar-refractivity contribution in [2.75, 3.05) is 13.1 Å². The van der Waals surface area contributed by atoms with Crippen LogP contribution in [-0.4, -0.2) is 36.0 Å². The second-order valence-corrected chi connectivity index (χ2v) is 8.00. The highest BCUT2D eigenvalue weighted by atomic mass is 32.1. The Kier molecular flexibility index (Phi) is 4.32. The molecule has 0 unspecified atom stereocenters. The molecule has 5 heteroatoms. The van der Waals surface area contributed by atoms with E-state index < -0.39 is 0 Å². The molecule has 0 saturated carbocycles. The molecule has 2 bridgehead atoms. The summed E-state index contributed by atoms with van der Waals surface area (Å²) in [5.41, 5.74) is 1.82. The number of fused-ring (bicyclic) bond motifs is 3. The van der Waals surface area contributed by atoms with Crippen molar-refractivity contribution < 1.29 is 4.79 Å². The minimum absolute atomic E-state index is 0.0470. The summed E-state index contributed by atoms with van der Waals surface area (Å²) in [7, 11) is 0. The van der Waals surface area contributed by atoms with Crippen molar-refractivity contribution in [2.45, 2.75) is 31.8 Å². The predicted octanol–water partition coefficient (Wildman–Crippen LogP) is 3.50. The highest BCUT2D eigenvalue weighted by molar-refractivity contribution is 7.15. The summed E-state index contributed by atoms with van der Waals surface area (Å²) in [6.07, 6.45) is 2.33. The van der Waals surface area contributed by atoms with E-state index >= 15 is 0 Å². The molecule has 128 valence electrons. The van der Waals surface area contributed by atoms with Gasteiger partial charge >= 0.3 is 0 Å². The van der Waals surface area contributed by atoms with Crippen LogP contribution in [0.3, 0.4) is 0 Å². The molecule has 0 radical (unpaired) electrons. The molecule has 5 rings (SSSR count). The lowest BCUT2D eigenvalue weighted by Crippen LogP contribution is -2.62. The van der Waals surface area contributed by atoms with Crippen molar-refractivity contribution in [2.24, 2.45) is 5.92 Å². The zero-order chi connectivity index (χ0) is 17.4. The maximum Gasteiger partial charge on any atom is 0.261 e. The lowest BCUT2D eigenvalue weighted by Gasteiger charge is -2.49. The van der Waals surface area contributed by atoms with E-state index in [4.69, 9.17) is 0 Å². The van der Waals surface area contributed by atoms with Crippen LogP contribution < -0.4 is 5.32 Å². The monoisotopic (exact) mass is 351 g/mol. The fourth-order valence-corrected chi connectivity index (χ4v) is 5.07. The summed E-state index contributed by atoms with van der Waals surface area (Å²) in [6.45, 7) is 4.50. The van der Waals surface area contributed by atoms with Gasteiger partial charge in [-0.3, -0.25) is 9.69 Å². The predicted molar refractivity (Wildman–Crippen MR) is 99.5 cm³/mol. The number of rotatable bonds is 3. The van der Waals surface area contributed by atoms with E-state index in [1.165, 1.54) is 24.2 Å². The summed E-state index contributed by atoms with van der Waals surface area (Å²) in [4.78, 5) is 16.5. The molecule has 3 aliphatic rings. The van der Waals surface area contributed by atoms with E-state index in [1.807, 2.05) is 36.4 Å². The molecular weight excluding hydrogens is 330 g/mol. The van der Waals surface area contributed by atoms with Gasteiger partial charge in [-0.15, -0.1) is 11.3 Å². The molecule has 3 saturated heterocycles. The first-order valence-electron chi connectivity index (χ1n) is 8.81. The number of nitriles is 1. The summed E-state index contributed by atoms with van der Waals surface area (Å²) >= 11 is 1.29. The van der Waals surface area contributed by atoms with Gasteiger partial charge < -0.3 is 5.32 Å². The number of carbonyl (C=O) groups excluding carboxylic acids is 1. The third-order valence-corrected chi connectivity index (χ3v) is 6.66. The van der Waals surface area contributed by atoms with E-state index in [9.17, 15) is 10.1 Å². The van der Waals surface area contributed by atoms with Crippen LogP contribution in [-0.2, 0) is 0 Å². The molecule has 1 aromatic heterocycles. The van der Waals surface area contributed by atoms with E-state index in [1.54, 1.807) is 0 Å². The number of piperidine rings is 3. The first-order chi connectivity index (χ1) is 12.2. The van der Waals surface area contributed by atoms with Gasteiger partial charge in [-0.25, -0.2) is 0 Å². The Hall–Kier alpha value is -2.16. The van der Waals surface area contributed by atoms with Crippen LogP contribution in [0.1, 0.15) is 34.3 Å². The number of amides is 1. The Morgan fingerprint density at radius 2 is 2.00 bits per heavy atom. The molecule has 1 N–H and O–H groups in total. The van der Waals surface area contributed by atoms with Gasteiger partial charge in [-0.1, -0.05) is 30.3 Å². The van der Waals surface area contributed by atoms with E-state index in [0.717, 1.165) is 24.2 Å². The second kappa shape index (κ2) is 6.62. The van der Waals surface area contributed by atoms with Gasteiger partial charge in [-0.2, -0.15) is 5.26 Å². The SMILES string of the molecule is C[C@H]1[C@H](NC(=O)c2cc(-c3ccccc3)c(C#N)s2)C2CCN1CC2. The number of nitrogens with zero attached hydrogens (tertiary/aromatic N) is 2. The van der Waals surface area contributed by atoms with Gasteiger partial charge in [0.2, 0.25) is 0 Å². The number of nitrogens with one attached hydrogen (secondary N) is 1. The Bertz CT molecular complexity index is 813. The number of carbonyl (C=O) groups is 1. The molecule has 1 amide bonds. The molecule has 4 heterocycles. The van der Waals surface area contributed by atoms with E-state index in [0.29, 0.717) is 21.7 Å². The van der Waals surface area contributed by atoms with Gasteiger partial charge in [-0.05, 0) is 50.4 Å². The topological polar surface area (TPSA) is 56.1 Å². The van der Waals surface area contributed by atoms with Crippen molar-refractivity contribution in [1.82, 2.24) is 10.2 Å². The molecule has 3 fully saturated rings. The first kappa shape index (κ1) is 16.3. The molecule has 2 aromatic rings. The second-order valence-electron chi connectivity index (χ2n) is 6.94. The average Bonchev–Trinajstić information content (AvgIpc) is 3.10. The maximum atomic E-state index is 12.8. The summed E-state index contributed by atoms with van der Waals surface area (Å²) < 4.78 is 0. The van der Waals surface area contributed by atoms with Crippen LogP contribution in [0.25, 0.3) is 11.1 Å². The quantitative estimate of drug-likeness (QED) is 0.921. The highest BCUT2D eigenvalue weighted by Crippen LogP contribution is 2.34. The average molecular weight is 351 g/mol. The van der Waals surface area contributed by atoms with E-state index in [2.05, 4.69) is 23.2 Å². The molecule has 4 nitrogen and oxygen atoms in total. The highest BCUT2D eigenvalue weighted by Gasteiger charge is 2.40. The van der Waals surface area contributed by atoms with Crippen LogP contribution in [0, 0.1) is 17.2 Å². The summed E-state index contributed by atoms with van der Waals surface area (Å²) in [5.74, 6) is 0.530. The van der Waals surface area contributed by atoms with Crippen LogP contribution >= 0.6 is 11.3 Å². The normalized spacial score (nSPS) is 27.7. The van der Waals surface area contributed by atoms with Crippen LogP contribution in [0.4, 0.5) is 0 Å². The lowest BCUT2D eigenvalue weighted by atomic mass is 9.79. The minimum Gasteiger partial charge on any atom is -0.347 e. The standard InChI is InChI=1S/C20H21N3OS/c1-13-19(15-7-9-23(13)10-8-15)22-20(24)17-11-16(18(12-21)25-17)14-5-3-2-4-6-14/h2-6,11,13,15,19H,7-10H2,1H3,(H,22,24)/t13-,19-/m0/s1. The van der Waals surface area contributed by atoms with Crippen molar-refractivity contribution >= 4 is 17.2 Å². The molecule has 1 aromatic carbocycles. The largest absolute Gasteiger partial charge is 0.347 e. The molecule has 3 aliphatic heterocycles. The fourth-order valence-electron chi connectivity index (χ4n) is 4.19. The minimum atomic E-state index is -0.0470. The Balaban J connectivity index is 1.57. The molecular formula is C20H21N3OS. The van der Waals surface area contributed by atoms with Gasteiger partial charge in [0.15, 0.2) is 0 Å². The van der Waals surface area contributed by atoms with Crippen LogP contribution in [0.5, 0.6) is 0 Å². The van der Waals surface area contributed by atoms with Gasteiger partial charge in [0, 0.05) is 17.6 Å². The molecule has 0 spiro atoms.